The van der Waals surface area contributed by atoms with Gasteiger partial charge in [0.25, 0.3) is 5.56 Å². The number of hydrogen-bond donors (Lipinski definition) is 0. The fraction of sp³-hybridized carbons (Fsp3) is 0.500. The molecule has 1 fully saturated rings. The highest BCUT2D eigenvalue weighted by Crippen LogP contribution is 2.38. The molecule has 17 heavy (non-hydrogen) atoms. The van der Waals surface area contributed by atoms with Gasteiger partial charge in [0.1, 0.15) is 0 Å². The lowest BCUT2D eigenvalue weighted by atomic mass is 10.5. The van der Waals surface area contributed by atoms with Crippen molar-refractivity contribution in [2.24, 2.45) is 14.1 Å². The Bertz CT molecular complexity index is 735. The van der Waals surface area contributed by atoms with Gasteiger partial charge < -0.3 is 4.57 Å². The second kappa shape index (κ2) is 3.22. The zero-order chi connectivity index (χ0) is 12.3. The van der Waals surface area contributed by atoms with E-state index in [1.54, 1.807) is 11.6 Å². The average Bonchev–Trinajstić information content (AvgIpc) is 3.07. The SMILES string of the molecule is Cn1c(=O)c2c(nc(Cl)n2C2CC2)n(C)c1=O. The fourth-order valence-electron chi connectivity index (χ4n) is 2.05. The Hall–Kier alpha value is -1.56. The monoisotopic (exact) mass is 254 g/mol. The highest BCUT2D eigenvalue weighted by atomic mass is 35.5. The van der Waals surface area contributed by atoms with Crippen molar-refractivity contribution in [3.05, 3.63) is 26.1 Å². The van der Waals surface area contributed by atoms with Crippen molar-refractivity contribution in [2.75, 3.05) is 0 Å². The zero-order valence-corrected chi connectivity index (χ0v) is 10.2. The van der Waals surface area contributed by atoms with E-state index < -0.39 is 0 Å². The summed E-state index contributed by atoms with van der Waals surface area (Å²) in [6.45, 7) is 0. The van der Waals surface area contributed by atoms with Crippen molar-refractivity contribution in [1.82, 2.24) is 18.7 Å². The lowest BCUT2D eigenvalue weighted by Gasteiger charge is -2.05. The predicted octanol–water partition coefficient (Wildman–Crippen LogP) is 0.422. The number of hydrogen-bond acceptors (Lipinski definition) is 3. The van der Waals surface area contributed by atoms with Crippen molar-refractivity contribution < 1.29 is 0 Å². The summed E-state index contributed by atoms with van der Waals surface area (Å²) in [5.74, 6) is 0. The maximum absolute atomic E-state index is 12.1. The molecule has 1 aliphatic rings. The van der Waals surface area contributed by atoms with E-state index in [1.807, 2.05) is 0 Å². The molecule has 2 aromatic rings. The van der Waals surface area contributed by atoms with Crippen molar-refractivity contribution in [3.8, 4) is 0 Å². The van der Waals surface area contributed by atoms with Gasteiger partial charge in [-0.2, -0.15) is 4.98 Å². The van der Waals surface area contributed by atoms with Crippen LogP contribution in [-0.4, -0.2) is 18.7 Å². The molecule has 6 nitrogen and oxygen atoms in total. The highest BCUT2D eigenvalue weighted by Gasteiger charge is 2.30. The maximum atomic E-state index is 12.1. The lowest BCUT2D eigenvalue weighted by Crippen LogP contribution is -2.37. The molecule has 0 bridgehead atoms. The second-order valence-electron chi connectivity index (χ2n) is 4.36. The van der Waals surface area contributed by atoms with E-state index in [4.69, 9.17) is 11.6 Å². The zero-order valence-electron chi connectivity index (χ0n) is 9.47. The Labute approximate surface area is 101 Å². The average molecular weight is 255 g/mol. The molecule has 0 saturated heterocycles. The van der Waals surface area contributed by atoms with E-state index in [0.29, 0.717) is 11.2 Å². The van der Waals surface area contributed by atoms with Crippen LogP contribution in [0.5, 0.6) is 0 Å². The van der Waals surface area contributed by atoms with Crippen LogP contribution in [0.25, 0.3) is 11.2 Å². The van der Waals surface area contributed by atoms with Crippen LogP contribution in [0, 0.1) is 0 Å². The molecule has 0 aromatic carbocycles. The van der Waals surface area contributed by atoms with Crippen LogP contribution in [0.1, 0.15) is 18.9 Å². The molecular weight excluding hydrogens is 244 g/mol. The summed E-state index contributed by atoms with van der Waals surface area (Å²) in [4.78, 5) is 28.0. The van der Waals surface area contributed by atoms with Crippen molar-refractivity contribution in [1.29, 1.82) is 0 Å². The highest BCUT2D eigenvalue weighted by molar-refractivity contribution is 6.29. The van der Waals surface area contributed by atoms with Gasteiger partial charge in [-0.25, -0.2) is 4.79 Å². The van der Waals surface area contributed by atoms with Crippen LogP contribution in [0.15, 0.2) is 9.59 Å². The first-order valence-electron chi connectivity index (χ1n) is 5.36. The van der Waals surface area contributed by atoms with Gasteiger partial charge in [0.05, 0.1) is 0 Å². The van der Waals surface area contributed by atoms with Gasteiger partial charge in [0, 0.05) is 20.1 Å². The molecule has 0 N–H and O–H groups in total. The summed E-state index contributed by atoms with van der Waals surface area (Å²) in [5, 5.41) is 0.279. The van der Waals surface area contributed by atoms with Gasteiger partial charge in [0.2, 0.25) is 5.28 Å². The van der Waals surface area contributed by atoms with Gasteiger partial charge in [-0.05, 0) is 24.4 Å². The first-order valence-corrected chi connectivity index (χ1v) is 5.73. The third-order valence-electron chi connectivity index (χ3n) is 3.16. The van der Waals surface area contributed by atoms with E-state index in [1.165, 1.54) is 11.6 Å². The van der Waals surface area contributed by atoms with E-state index in [-0.39, 0.29) is 22.6 Å². The second-order valence-corrected chi connectivity index (χ2v) is 4.70. The van der Waals surface area contributed by atoms with Crippen LogP contribution in [-0.2, 0) is 14.1 Å². The summed E-state index contributed by atoms with van der Waals surface area (Å²) >= 11 is 6.04. The molecule has 1 aliphatic carbocycles. The minimum atomic E-state index is -0.389. The summed E-state index contributed by atoms with van der Waals surface area (Å²) < 4.78 is 4.17. The van der Waals surface area contributed by atoms with E-state index in [9.17, 15) is 9.59 Å². The Balaban J connectivity index is 2.57. The molecule has 7 heteroatoms. The van der Waals surface area contributed by atoms with E-state index in [0.717, 1.165) is 17.4 Å². The minimum Gasteiger partial charge on any atom is -0.306 e. The first-order chi connectivity index (χ1) is 8.02. The number of aromatic nitrogens is 4. The predicted molar refractivity (Wildman–Crippen MR) is 63.5 cm³/mol. The van der Waals surface area contributed by atoms with E-state index >= 15 is 0 Å². The normalized spacial score (nSPS) is 15.7. The summed E-state index contributed by atoms with van der Waals surface area (Å²) in [5.41, 5.74) is 0.0473. The topological polar surface area (TPSA) is 61.8 Å². The molecule has 0 aliphatic heterocycles. The minimum absolute atomic E-state index is 0.248. The van der Waals surface area contributed by atoms with Gasteiger partial charge in [-0.1, -0.05) is 0 Å². The van der Waals surface area contributed by atoms with Crippen LogP contribution < -0.4 is 11.2 Å². The fourth-order valence-corrected chi connectivity index (χ4v) is 2.36. The van der Waals surface area contributed by atoms with Crippen LogP contribution in [0.4, 0.5) is 0 Å². The maximum Gasteiger partial charge on any atom is 0.332 e. The number of fused-ring (bicyclic) bond motifs is 1. The van der Waals surface area contributed by atoms with E-state index in [2.05, 4.69) is 4.98 Å². The summed E-state index contributed by atoms with van der Waals surface area (Å²) in [7, 11) is 3.05. The largest absolute Gasteiger partial charge is 0.332 e. The summed E-state index contributed by atoms with van der Waals surface area (Å²) in [6, 6.07) is 0.248. The molecule has 0 atom stereocenters. The molecule has 0 unspecified atom stereocenters. The van der Waals surface area contributed by atoms with Crippen LogP contribution >= 0.6 is 11.6 Å². The Morgan fingerprint density at radius 1 is 1.24 bits per heavy atom. The molecule has 1 saturated carbocycles. The smallest absolute Gasteiger partial charge is 0.306 e. The van der Waals surface area contributed by atoms with Crippen molar-refractivity contribution >= 4 is 22.8 Å². The molecule has 90 valence electrons. The lowest BCUT2D eigenvalue weighted by molar-refractivity contribution is 0.697. The Kier molecular flexibility index (Phi) is 2.01. The van der Waals surface area contributed by atoms with Crippen LogP contribution in [0.3, 0.4) is 0 Å². The quantitative estimate of drug-likeness (QED) is 0.693. The number of nitrogens with zero attached hydrogens (tertiary/aromatic N) is 4. The molecule has 2 aromatic heterocycles. The van der Waals surface area contributed by atoms with Gasteiger partial charge in [-0.3, -0.25) is 13.9 Å². The third kappa shape index (κ3) is 1.30. The van der Waals surface area contributed by atoms with Gasteiger partial charge >= 0.3 is 5.69 Å². The van der Waals surface area contributed by atoms with Crippen molar-refractivity contribution in [2.45, 2.75) is 18.9 Å². The van der Waals surface area contributed by atoms with Gasteiger partial charge in [0.15, 0.2) is 11.2 Å². The number of aryl methyl sites for hydroxylation is 1. The summed E-state index contributed by atoms with van der Waals surface area (Å²) in [6.07, 6.45) is 1.99. The molecular formula is C10H11ClN4O2. The Morgan fingerprint density at radius 3 is 2.47 bits per heavy atom. The molecule has 0 radical (unpaired) electrons. The molecule has 3 rings (SSSR count). The van der Waals surface area contributed by atoms with Gasteiger partial charge in [-0.15, -0.1) is 0 Å². The van der Waals surface area contributed by atoms with Crippen molar-refractivity contribution in [3.63, 3.8) is 0 Å². The first kappa shape index (κ1) is 10.6. The molecule has 0 spiro atoms. The molecule has 2 heterocycles. The van der Waals surface area contributed by atoms with Crippen LogP contribution in [0.2, 0.25) is 5.28 Å². The number of halogens is 1. The number of rotatable bonds is 1. The Morgan fingerprint density at radius 2 is 1.88 bits per heavy atom. The molecule has 0 amide bonds. The standard InChI is InChI=1S/C10H11ClN4O2/c1-13-7-6(8(16)14(2)10(13)17)15(5-3-4-5)9(11)12-7/h5H,3-4H2,1-2H3. The third-order valence-corrected chi connectivity index (χ3v) is 3.43. The number of imidazole rings is 1.